The third-order valence-corrected chi connectivity index (χ3v) is 28.1. The minimum atomic E-state index is -0.284. The summed E-state index contributed by atoms with van der Waals surface area (Å²) in [7, 11) is 0. The molecule has 0 saturated heterocycles. The van der Waals surface area contributed by atoms with E-state index >= 15 is 0 Å². The van der Waals surface area contributed by atoms with Crippen LogP contribution in [-0.4, -0.2) is 39.9 Å². The van der Waals surface area contributed by atoms with E-state index in [0.717, 1.165) is 148 Å². The minimum absolute atomic E-state index is 0.105. The summed E-state index contributed by atoms with van der Waals surface area (Å²) in [6.45, 7) is 4.58. The van der Waals surface area contributed by atoms with Gasteiger partial charge in [0.1, 0.15) is 0 Å². The number of aromatic nitrogens is 8. The fourth-order valence-electron chi connectivity index (χ4n) is 20.3. The average Bonchev–Trinajstić information content (AvgIpc) is 0.726. The molecule has 0 spiro atoms. The lowest BCUT2D eigenvalue weighted by atomic mass is 9.65. The molecule has 0 atom stereocenters. The van der Waals surface area contributed by atoms with Gasteiger partial charge in [0.15, 0.2) is 23.3 Å². The molecular weight excluding hydrogens is 1660 g/mol. The Morgan fingerprint density at radius 3 is 0.540 bits per heavy atom. The summed E-state index contributed by atoms with van der Waals surface area (Å²) in [5.74, 6) is 2.84. The van der Waals surface area contributed by atoms with Gasteiger partial charge in [-0.1, -0.05) is 421 Å². The zero-order valence-corrected chi connectivity index (χ0v) is 76.0. The molecule has 0 amide bonds. The number of nitrogens with zero attached hydrogens (tertiary/aromatic N) is 8. The highest BCUT2D eigenvalue weighted by molar-refractivity contribution is 5.96. The van der Waals surface area contributed by atoms with Crippen LogP contribution < -0.4 is 0 Å². The molecule has 0 bridgehead atoms. The van der Waals surface area contributed by atoms with E-state index in [1.54, 1.807) is 0 Å². The van der Waals surface area contributed by atoms with Gasteiger partial charge in [0.25, 0.3) is 0 Å². The molecular formula is C129H92N8. The van der Waals surface area contributed by atoms with Gasteiger partial charge in [-0.15, -0.1) is 0 Å². The molecule has 0 unspecified atom stereocenters. The first-order valence-corrected chi connectivity index (χ1v) is 47.4. The Bertz CT molecular complexity index is 7890. The lowest BCUT2D eigenvalue weighted by molar-refractivity contribution is 0.346. The van der Waals surface area contributed by atoms with E-state index in [4.69, 9.17) is 39.9 Å². The van der Waals surface area contributed by atoms with E-state index in [1.807, 2.05) is 0 Å². The molecule has 8 nitrogen and oxygen atoms in total. The lowest BCUT2D eigenvalue weighted by Gasteiger charge is -2.39. The second kappa shape index (κ2) is 35.4. The molecule has 0 aliphatic heterocycles. The molecule has 25 rings (SSSR count). The van der Waals surface area contributed by atoms with Crippen LogP contribution in [0, 0.1) is 0 Å². The molecule has 1 fully saturated rings. The zero-order chi connectivity index (χ0) is 91.3. The highest BCUT2D eigenvalue weighted by atomic mass is 14.9. The topological polar surface area (TPSA) is 103 Å². The van der Waals surface area contributed by atoms with Gasteiger partial charge >= 0.3 is 0 Å². The Labute approximate surface area is 796 Å². The van der Waals surface area contributed by atoms with Crippen LogP contribution in [0.5, 0.6) is 0 Å². The Kier molecular flexibility index (Phi) is 21.4. The molecule has 0 N–H and O–H groups in total. The van der Waals surface area contributed by atoms with Crippen molar-refractivity contribution in [2.24, 2.45) is 0 Å². The fourth-order valence-corrected chi connectivity index (χ4v) is 20.3. The van der Waals surface area contributed by atoms with Crippen molar-refractivity contribution in [3.8, 4) is 136 Å². The Balaban J connectivity index is 0.000000150. The van der Waals surface area contributed by atoms with Gasteiger partial charge in [0, 0.05) is 77.6 Å². The molecule has 1 aliphatic carbocycles. The summed E-state index contributed by atoms with van der Waals surface area (Å²) in [4.78, 5) is 41.8. The number of hydrogen-bond acceptors (Lipinski definition) is 8. The molecule has 4 heterocycles. The number of hydrogen-bond donors (Lipinski definition) is 0. The largest absolute Gasteiger partial charge is 0.228 e. The maximum absolute atomic E-state index is 5.28. The minimum Gasteiger partial charge on any atom is -0.228 e. The third-order valence-electron chi connectivity index (χ3n) is 28.1. The monoisotopic (exact) mass is 1750 g/mol. The second-order valence-corrected chi connectivity index (χ2v) is 36.9. The van der Waals surface area contributed by atoms with Crippen LogP contribution in [0.3, 0.4) is 0 Å². The Morgan fingerprint density at radius 2 is 0.328 bits per heavy atom. The summed E-state index contributed by atoms with van der Waals surface area (Å²) < 4.78 is 0. The highest BCUT2D eigenvalue weighted by Gasteiger charge is 2.36. The van der Waals surface area contributed by atoms with Crippen molar-refractivity contribution < 1.29 is 0 Å². The van der Waals surface area contributed by atoms with E-state index < -0.39 is 0 Å². The summed E-state index contributed by atoms with van der Waals surface area (Å²) in [5.41, 5.74) is 24.4. The van der Waals surface area contributed by atoms with Crippen LogP contribution in [0.1, 0.15) is 68.2 Å². The molecule has 4 aromatic heterocycles. The quantitative estimate of drug-likeness (QED) is 0.0943. The molecule has 24 aromatic rings. The van der Waals surface area contributed by atoms with Crippen LogP contribution in [-0.2, 0) is 10.8 Å². The molecule has 1 saturated carbocycles. The van der Waals surface area contributed by atoms with Crippen molar-refractivity contribution in [1.29, 1.82) is 0 Å². The van der Waals surface area contributed by atoms with Crippen LogP contribution in [0.4, 0.5) is 0 Å². The molecule has 137 heavy (non-hydrogen) atoms. The van der Waals surface area contributed by atoms with Crippen LogP contribution >= 0.6 is 0 Å². The predicted molar refractivity (Wildman–Crippen MR) is 569 cm³/mol. The lowest BCUT2D eigenvalue weighted by Crippen LogP contribution is -2.30. The standard InChI is InChI=1S/C66H48N4.C63H44N4/c1-10-36-66(37-11-1,58-32-28-48(29-33-58)60-42-62(54-24-20-44-12-2-6-16-50(44)38-54)69-64(67-60)56-26-22-46-14-4-8-18-52(46)40-56)59-34-30-49(31-35-59)61-43-63(55-25-21-45-13-3-7-17-51(45)39-55)70-65(68-61)57-27-23-47-15-5-9-19-53(47)41-57;1-63(2,55-31-27-45(28-32-55)57-39-59(51-23-19-41-11-3-7-15-47(41)35-51)66-61(64-57)53-25-21-43-13-5-9-17-49(43)37-53)56-33-29-46(30-34-56)58-40-60(52-24-20-42-12-4-8-16-48(42)36-52)67-62(65-58)54-26-22-44-14-6-10-18-50(44)38-54/h2-9,12-35,38-43H,1,10-11,36-37H2;3-40H,1-2H3. The maximum atomic E-state index is 5.28. The van der Waals surface area contributed by atoms with Crippen molar-refractivity contribution in [1.82, 2.24) is 39.9 Å². The van der Waals surface area contributed by atoms with Gasteiger partial charge in [-0.3, -0.25) is 0 Å². The summed E-state index contributed by atoms with van der Waals surface area (Å²) in [6, 6.07) is 165. The molecule has 0 radical (unpaired) electrons. The normalized spacial score (nSPS) is 12.7. The van der Waals surface area contributed by atoms with Crippen molar-refractivity contribution in [2.75, 3.05) is 0 Å². The first-order chi connectivity index (χ1) is 67.5. The van der Waals surface area contributed by atoms with Crippen molar-refractivity contribution in [3.05, 3.63) is 483 Å². The number of fused-ring (bicyclic) bond motifs is 8. The van der Waals surface area contributed by atoms with Gasteiger partial charge in [-0.25, -0.2) is 39.9 Å². The summed E-state index contributed by atoms with van der Waals surface area (Å²) in [6.07, 6.45) is 5.84. The number of benzene rings is 20. The SMILES string of the molecule is CC(C)(c1ccc(-c2cc(-c3ccc4ccccc4c3)nc(-c3ccc4ccccc4c3)n2)cc1)c1ccc(-c2cc(-c3ccc4ccccc4c3)nc(-c3ccc4ccccc4c3)n2)cc1.c1ccc2cc(-c3cc(-c4ccc(C5(c6ccc(-c7cc(-c8ccc9ccccc9c8)nc(-c8ccc9ccccc9c8)n7)cc6)CCCCC5)cc4)nc(-c4ccc5ccccc5c4)n3)ccc2c1. The summed E-state index contributed by atoms with van der Waals surface area (Å²) in [5, 5.41) is 19.0. The van der Waals surface area contributed by atoms with Crippen molar-refractivity contribution >= 4 is 86.2 Å². The third kappa shape index (κ3) is 16.6. The fraction of sp³-hybridized carbons (Fsp3) is 0.0698. The van der Waals surface area contributed by atoms with E-state index in [1.165, 1.54) is 117 Å². The van der Waals surface area contributed by atoms with Gasteiger partial charge in [-0.05, 0) is 194 Å². The maximum Gasteiger partial charge on any atom is 0.160 e. The van der Waals surface area contributed by atoms with Gasteiger partial charge in [0.05, 0.1) is 45.6 Å². The van der Waals surface area contributed by atoms with E-state index in [-0.39, 0.29) is 10.8 Å². The van der Waals surface area contributed by atoms with Crippen LogP contribution in [0.25, 0.3) is 222 Å². The molecule has 648 valence electrons. The van der Waals surface area contributed by atoms with Gasteiger partial charge in [0.2, 0.25) is 0 Å². The zero-order valence-electron chi connectivity index (χ0n) is 76.0. The van der Waals surface area contributed by atoms with Gasteiger partial charge in [-0.2, -0.15) is 0 Å². The average molecular weight is 1750 g/mol. The molecule has 8 heteroatoms. The highest BCUT2D eigenvalue weighted by Crippen LogP contribution is 2.48. The molecule has 20 aromatic carbocycles. The van der Waals surface area contributed by atoms with Gasteiger partial charge < -0.3 is 0 Å². The predicted octanol–water partition coefficient (Wildman–Crippen LogP) is 33.3. The summed E-state index contributed by atoms with van der Waals surface area (Å²) >= 11 is 0. The van der Waals surface area contributed by atoms with Crippen LogP contribution in [0.15, 0.2) is 461 Å². The first kappa shape index (κ1) is 82.9. The van der Waals surface area contributed by atoms with Crippen molar-refractivity contribution in [2.45, 2.75) is 56.8 Å². The van der Waals surface area contributed by atoms with Crippen LogP contribution in [0.2, 0.25) is 0 Å². The smallest absolute Gasteiger partial charge is 0.160 e. The van der Waals surface area contributed by atoms with E-state index in [0.29, 0.717) is 11.6 Å². The first-order valence-electron chi connectivity index (χ1n) is 47.4. The Morgan fingerprint density at radius 1 is 0.161 bits per heavy atom. The second-order valence-electron chi connectivity index (χ2n) is 36.9. The number of rotatable bonds is 16. The van der Waals surface area contributed by atoms with E-state index in [9.17, 15) is 0 Å². The van der Waals surface area contributed by atoms with E-state index in [2.05, 4.69) is 475 Å². The molecule has 1 aliphatic rings. The Hall–Kier alpha value is -17.2. The van der Waals surface area contributed by atoms with Crippen molar-refractivity contribution in [3.63, 3.8) is 0 Å².